The van der Waals surface area contributed by atoms with Gasteiger partial charge in [0.2, 0.25) is 0 Å². The van der Waals surface area contributed by atoms with Crippen molar-refractivity contribution in [2.75, 3.05) is 25.0 Å². The van der Waals surface area contributed by atoms with Gasteiger partial charge in [-0.2, -0.15) is 0 Å². The molecule has 1 aliphatic heterocycles. The van der Waals surface area contributed by atoms with Crippen LogP contribution in [0.3, 0.4) is 0 Å². The zero-order valence-electron chi connectivity index (χ0n) is 16.7. The van der Waals surface area contributed by atoms with E-state index in [1.807, 2.05) is 18.3 Å². The number of piperidine rings is 1. The van der Waals surface area contributed by atoms with Crippen LogP contribution in [0.4, 0.5) is 5.82 Å². The van der Waals surface area contributed by atoms with Gasteiger partial charge in [0, 0.05) is 56.3 Å². The molecule has 7 heteroatoms. The van der Waals surface area contributed by atoms with Gasteiger partial charge in [-0.3, -0.25) is 9.78 Å². The Balaban J connectivity index is 1.33. The maximum Gasteiger partial charge on any atom is 0.253 e. The number of carbonyl (C=O) groups excluding carboxylic acids is 1. The van der Waals surface area contributed by atoms with Crippen molar-refractivity contribution in [3.63, 3.8) is 0 Å². The van der Waals surface area contributed by atoms with Crippen LogP contribution in [0.15, 0.2) is 36.9 Å². The molecule has 1 saturated heterocycles. The van der Waals surface area contributed by atoms with Crippen molar-refractivity contribution >= 4 is 22.8 Å². The molecule has 0 atom stereocenters. The summed E-state index contributed by atoms with van der Waals surface area (Å²) in [4.78, 5) is 28.2. The first-order valence-corrected chi connectivity index (χ1v) is 10.4. The molecule has 7 nitrogen and oxygen atoms in total. The lowest BCUT2D eigenvalue weighted by atomic mass is 9.92. The summed E-state index contributed by atoms with van der Waals surface area (Å²) in [6.45, 7) is 2.48. The van der Waals surface area contributed by atoms with E-state index in [1.54, 1.807) is 24.5 Å². The van der Waals surface area contributed by atoms with Crippen molar-refractivity contribution < 1.29 is 4.79 Å². The number of hydrogen-bond acceptors (Lipinski definition) is 5. The van der Waals surface area contributed by atoms with Gasteiger partial charge in [0.25, 0.3) is 5.91 Å². The van der Waals surface area contributed by atoms with Gasteiger partial charge in [-0.25, -0.2) is 9.97 Å². The molecule has 1 amide bonds. The molecule has 0 aromatic carbocycles. The molecule has 1 aliphatic carbocycles. The highest BCUT2D eigenvalue weighted by molar-refractivity contribution is 5.94. The van der Waals surface area contributed by atoms with E-state index in [0.717, 1.165) is 60.9 Å². The zero-order valence-corrected chi connectivity index (χ0v) is 16.7. The van der Waals surface area contributed by atoms with Crippen molar-refractivity contribution in [2.45, 2.75) is 31.6 Å². The number of fused-ring (bicyclic) bond motifs is 1. The van der Waals surface area contributed by atoms with Gasteiger partial charge >= 0.3 is 0 Å². The quantitative estimate of drug-likeness (QED) is 0.724. The lowest BCUT2D eigenvalue weighted by molar-refractivity contribution is 0.0712. The van der Waals surface area contributed by atoms with Crippen LogP contribution in [0, 0.1) is 5.92 Å². The van der Waals surface area contributed by atoms with E-state index in [0.29, 0.717) is 11.5 Å². The zero-order chi connectivity index (χ0) is 19.8. The van der Waals surface area contributed by atoms with Crippen molar-refractivity contribution in [1.82, 2.24) is 24.4 Å². The third-order valence-corrected chi connectivity index (χ3v) is 6.12. The average Bonchev–Trinajstić information content (AvgIpc) is 3.53. The van der Waals surface area contributed by atoms with Crippen molar-refractivity contribution in [3.8, 4) is 0 Å². The van der Waals surface area contributed by atoms with E-state index in [4.69, 9.17) is 4.98 Å². The highest BCUT2D eigenvalue weighted by Crippen LogP contribution is 2.33. The molecule has 2 aliphatic rings. The first-order valence-electron chi connectivity index (χ1n) is 10.4. The topological polar surface area (TPSA) is 75.9 Å². The third kappa shape index (κ3) is 3.69. The molecule has 3 aromatic rings. The average molecular weight is 390 g/mol. The maximum absolute atomic E-state index is 12.7. The van der Waals surface area contributed by atoms with Crippen LogP contribution in [-0.2, 0) is 7.05 Å². The van der Waals surface area contributed by atoms with Crippen LogP contribution >= 0.6 is 0 Å². The van der Waals surface area contributed by atoms with E-state index in [1.165, 1.54) is 12.8 Å². The first kappa shape index (κ1) is 18.1. The van der Waals surface area contributed by atoms with Crippen LogP contribution in [0.1, 0.15) is 47.7 Å². The molecule has 0 spiro atoms. The van der Waals surface area contributed by atoms with Gasteiger partial charge in [-0.1, -0.05) is 0 Å². The molecule has 0 unspecified atom stereocenters. The smallest absolute Gasteiger partial charge is 0.253 e. The van der Waals surface area contributed by atoms with Crippen LogP contribution in [0.2, 0.25) is 0 Å². The summed E-state index contributed by atoms with van der Waals surface area (Å²) >= 11 is 0. The largest absolute Gasteiger partial charge is 0.368 e. The second-order valence-electron chi connectivity index (χ2n) is 8.25. The lowest BCUT2D eigenvalue weighted by Gasteiger charge is -2.32. The van der Waals surface area contributed by atoms with E-state index in [-0.39, 0.29) is 5.91 Å². The lowest BCUT2D eigenvalue weighted by Crippen LogP contribution is -2.38. The molecular weight excluding hydrogens is 364 g/mol. The summed E-state index contributed by atoms with van der Waals surface area (Å²) in [7, 11) is 2.03. The number of likely N-dealkylation sites (tertiary alicyclic amines) is 1. The summed E-state index contributed by atoms with van der Waals surface area (Å²) < 4.78 is 2.06. The minimum Gasteiger partial charge on any atom is -0.368 e. The van der Waals surface area contributed by atoms with Crippen LogP contribution < -0.4 is 5.32 Å². The number of imidazole rings is 1. The molecule has 4 heterocycles. The first-order chi connectivity index (χ1) is 14.2. The Morgan fingerprint density at radius 3 is 2.66 bits per heavy atom. The summed E-state index contributed by atoms with van der Waals surface area (Å²) in [5.41, 5.74) is 3.88. The standard InChI is InChI=1S/C22H26N6O/c1-27-14-25-20-19(27)12-18(26-21(20)24-13-15-2-3-15)16-6-10-28(11-7-16)22(29)17-4-8-23-9-5-17/h4-5,8-9,12,14-16H,2-3,6-7,10-11,13H2,1H3,(H,24,26). The Kier molecular flexibility index (Phi) is 4.66. The predicted molar refractivity (Wildman–Crippen MR) is 112 cm³/mol. The fourth-order valence-corrected chi connectivity index (χ4v) is 4.10. The molecule has 3 aromatic heterocycles. The fraction of sp³-hybridized carbons (Fsp3) is 0.455. The molecule has 150 valence electrons. The summed E-state index contributed by atoms with van der Waals surface area (Å²) in [6, 6.07) is 5.74. The van der Waals surface area contributed by atoms with Crippen molar-refractivity contribution in [2.24, 2.45) is 13.0 Å². The second kappa shape index (κ2) is 7.46. The number of anilines is 1. The highest BCUT2D eigenvalue weighted by Gasteiger charge is 2.27. The molecule has 0 bridgehead atoms. The summed E-state index contributed by atoms with van der Waals surface area (Å²) in [6.07, 6.45) is 9.66. The minimum absolute atomic E-state index is 0.0904. The Hall–Kier alpha value is -2.96. The highest BCUT2D eigenvalue weighted by atomic mass is 16.2. The van der Waals surface area contributed by atoms with Crippen molar-refractivity contribution in [1.29, 1.82) is 0 Å². The van der Waals surface area contributed by atoms with Crippen molar-refractivity contribution in [3.05, 3.63) is 48.2 Å². The number of nitrogens with zero attached hydrogens (tertiary/aromatic N) is 5. The predicted octanol–water partition coefficient (Wildman–Crippen LogP) is 3.21. The van der Waals surface area contributed by atoms with Gasteiger partial charge in [-0.15, -0.1) is 0 Å². The Morgan fingerprint density at radius 2 is 1.93 bits per heavy atom. The molecule has 5 rings (SSSR count). The van der Waals surface area contributed by atoms with Gasteiger partial charge in [0.15, 0.2) is 5.82 Å². The Bertz CT molecular complexity index is 1020. The maximum atomic E-state index is 12.7. The number of hydrogen-bond donors (Lipinski definition) is 1. The van der Waals surface area contributed by atoms with Crippen LogP contribution in [0.25, 0.3) is 11.0 Å². The monoisotopic (exact) mass is 390 g/mol. The number of amides is 1. The number of rotatable bonds is 5. The van der Waals surface area contributed by atoms with Gasteiger partial charge in [0.1, 0.15) is 5.52 Å². The van der Waals surface area contributed by atoms with E-state index in [9.17, 15) is 4.79 Å². The van der Waals surface area contributed by atoms with Gasteiger partial charge < -0.3 is 14.8 Å². The summed E-state index contributed by atoms with van der Waals surface area (Å²) in [5, 5.41) is 3.53. The molecule has 29 heavy (non-hydrogen) atoms. The molecule has 1 saturated carbocycles. The summed E-state index contributed by atoms with van der Waals surface area (Å²) in [5.74, 6) is 2.13. The number of nitrogens with one attached hydrogen (secondary N) is 1. The number of carbonyl (C=O) groups is 1. The van der Waals surface area contributed by atoms with E-state index in [2.05, 4.69) is 25.9 Å². The third-order valence-electron chi connectivity index (χ3n) is 6.12. The SMILES string of the molecule is Cn1cnc2c(NCC3CC3)nc(C3CCN(C(=O)c4ccncc4)CC3)cc21. The van der Waals surface area contributed by atoms with E-state index >= 15 is 0 Å². The molecular formula is C22H26N6O. The van der Waals surface area contributed by atoms with E-state index < -0.39 is 0 Å². The van der Waals surface area contributed by atoms with Gasteiger partial charge in [-0.05, 0) is 49.8 Å². The normalized spacial score (nSPS) is 17.6. The van der Waals surface area contributed by atoms with Crippen LogP contribution in [0.5, 0.6) is 0 Å². The second-order valence-corrected chi connectivity index (χ2v) is 8.25. The molecule has 0 radical (unpaired) electrons. The Morgan fingerprint density at radius 1 is 1.17 bits per heavy atom. The van der Waals surface area contributed by atoms with Crippen LogP contribution in [-0.4, -0.2) is 50.0 Å². The number of aromatic nitrogens is 4. The number of pyridine rings is 2. The minimum atomic E-state index is 0.0904. The number of aryl methyl sites for hydroxylation is 1. The molecule has 1 N–H and O–H groups in total. The van der Waals surface area contributed by atoms with Gasteiger partial charge in [0.05, 0.1) is 11.8 Å². The Labute approximate surface area is 170 Å². The fourth-order valence-electron chi connectivity index (χ4n) is 4.10. The molecule has 2 fully saturated rings.